The van der Waals surface area contributed by atoms with Gasteiger partial charge in [-0.1, -0.05) is 31.0 Å². The molecule has 1 unspecified atom stereocenters. The molecule has 0 aliphatic carbocycles. The first kappa shape index (κ1) is 14.2. The molecule has 0 bridgehead atoms. The van der Waals surface area contributed by atoms with Gasteiger partial charge in [0.05, 0.1) is 16.3 Å². The molecule has 1 heterocycles. The maximum Gasteiger partial charge on any atom is 0.337 e. The van der Waals surface area contributed by atoms with Gasteiger partial charge in [-0.3, -0.25) is 0 Å². The van der Waals surface area contributed by atoms with Crippen LogP contribution in [0.2, 0.25) is 5.02 Å². The number of para-hydroxylation sites is 1. The monoisotopic (exact) mass is 281 g/mol. The molecule has 1 aromatic rings. The maximum absolute atomic E-state index is 11.3. The van der Waals surface area contributed by atoms with Crippen LogP contribution >= 0.6 is 11.6 Å². The minimum atomic E-state index is -0.909. The maximum atomic E-state index is 11.3. The topological polar surface area (TPSA) is 40.5 Å². The molecular weight excluding hydrogens is 262 g/mol. The van der Waals surface area contributed by atoms with Crippen molar-refractivity contribution < 1.29 is 9.90 Å². The SMILES string of the molecule is CCC1CCCN(c2c(Cl)cccc2C(=O)O)CC1. The van der Waals surface area contributed by atoms with Crippen LogP contribution in [0.25, 0.3) is 0 Å². The van der Waals surface area contributed by atoms with Crippen LogP contribution in [0.1, 0.15) is 43.0 Å². The lowest BCUT2D eigenvalue weighted by molar-refractivity contribution is 0.0697. The highest BCUT2D eigenvalue weighted by molar-refractivity contribution is 6.34. The molecule has 1 saturated heterocycles. The van der Waals surface area contributed by atoms with Gasteiger partial charge < -0.3 is 10.0 Å². The number of carbonyl (C=O) groups is 1. The van der Waals surface area contributed by atoms with E-state index in [2.05, 4.69) is 11.8 Å². The van der Waals surface area contributed by atoms with Crippen LogP contribution in [-0.2, 0) is 0 Å². The van der Waals surface area contributed by atoms with E-state index in [-0.39, 0.29) is 0 Å². The number of nitrogens with zero attached hydrogens (tertiary/aromatic N) is 1. The Morgan fingerprint density at radius 2 is 2.21 bits per heavy atom. The number of aromatic carboxylic acids is 1. The molecule has 0 aromatic heterocycles. The van der Waals surface area contributed by atoms with Crippen molar-refractivity contribution in [3.63, 3.8) is 0 Å². The summed E-state index contributed by atoms with van der Waals surface area (Å²) in [6, 6.07) is 5.10. The van der Waals surface area contributed by atoms with Crippen molar-refractivity contribution in [3.05, 3.63) is 28.8 Å². The number of carboxylic acid groups (broad SMARTS) is 1. The van der Waals surface area contributed by atoms with E-state index in [1.807, 2.05) is 0 Å². The summed E-state index contributed by atoms with van der Waals surface area (Å²) >= 11 is 6.23. The van der Waals surface area contributed by atoms with E-state index in [4.69, 9.17) is 11.6 Å². The highest BCUT2D eigenvalue weighted by atomic mass is 35.5. The van der Waals surface area contributed by atoms with Crippen molar-refractivity contribution in [1.29, 1.82) is 0 Å². The first-order chi connectivity index (χ1) is 9.13. The second-order valence-corrected chi connectivity index (χ2v) is 5.54. The van der Waals surface area contributed by atoms with Crippen molar-refractivity contribution in [1.82, 2.24) is 0 Å². The normalized spacial score (nSPS) is 20.1. The summed E-state index contributed by atoms with van der Waals surface area (Å²) < 4.78 is 0. The minimum Gasteiger partial charge on any atom is -0.478 e. The summed E-state index contributed by atoms with van der Waals surface area (Å²) in [5, 5.41) is 9.84. The van der Waals surface area contributed by atoms with Crippen LogP contribution in [0.5, 0.6) is 0 Å². The zero-order chi connectivity index (χ0) is 13.8. The second-order valence-electron chi connectivity index (χ2n) is 5.13. The fraction of sp³-hybridized carbons (Fsp3) is 0.533. The Morgan fingerprint density at radius 3 is 2.89 bits per heavy atom. The summed E-state index contributed by atoms with van der Waals surface area (Å²) in [4.78, 5) is 13.5. The summed E-state index contributed by atoms with van der Waals surface area (Å²) in [7, 11) is 0. The fourth-order valence-electron chi connectivity index (χ4n) is 2.81. The van der Waals surface area contributed by atoms with Crippen LogP contribution in [0.3, 0.4) is 0 Å². The molecule has 4 heteroatoms. The van der Waals surface area contributed by atoms with Gasteiger partial charge in [-0.15, -0.1) is 0 Å². The molecule has 1 atom stereocenters. The summed E-state index contributed by atoms with van der Waals surface area (Å²) in [6.45, 7) is 4.00. The molecule has 0 radical (unpaired) electrons. The quantitative estimate of drug-likeness (QED) is 0.908. The highest BCUT2D eigenvalue weighted by Crippen LogP contribution is 2.33. The Balaban J connectivity index is 2.28. The highest BCUT2D eigenvalue weighted by Gasteiger charge is 2.22. The largest absolute Gasteiger partial charge is 0.478 e. The van der Waals surface area contributed by atoms with Gasteiger partial charge in [0.1, 0.15) is 0 Å². The number of hydrogen-bond donors (Lipinski definition) is 1. The van der Waals surface area contributed by atoms with Gasteiger partial charge in [-0.05, 0) is 37.3 Å². The van der Waals surface area contributed by atoms with E-state index in [1.54, 1.807) is 18.2 Å². The molecule has 2 rings (SSSR count). The van der Waals surface area contributed by atoms with Gasteiger partial charge in [0, 0.05) is 13.1 Å². The van der Waals surface area contributed by atoms with Crippen molar-refractivity contribution >= 4 is 23.3 Å². The molecular formula is C15H20ClNO2. The molecule has 0 amide bonds. The number of carboxylic acids is 1. The number of hydrogen-bond acceptors (Lipinski definition) is 2. The smallest absolute Gasteiger partial charge is 0.337 e. The van der Waals surface area contributed by atoms with E-state index < -0.39 is 5.97 Å². The zero-order valence-corrected chi connectivity index (χ0v) is 12.0. The predicted octanol–water partition coefficient (Wildman–Crippen LogP) is 4.05. The Labute approximate surface area is 119 Å². The van der Waals surface area contributed by atoms with Crippen LogP contribution in [0.4, 0.5) is 5.69 Å². The Bertz CT molecular complexity index is 461. The number of benzene rings is 1. The molecule has 0 saturated carbocycles. The predicted molar refractivity (Wildman–Crippen MR) is 78.3 cm³/mol. The molecule has 19 heavy (non-hydrogen) atoms. The van der Waals surface area contributed by atoms with Crippen molar-refractivity contribution in [2.45, 2.75) is 32.6 Å². The average molecular weight is 282 g/mol. The third-order valence-electron chi connectivity index (χ3n) is 3.96. The third-order valence-corrected chi connectivity index (χ3v) is 4.26. The lowest BCUT2D eigenvalue weighted by Gasteiger charge is -2.25. The van der Waals surface area contributed by atoms with Crippen LogP contribution in [0.15, 0.2) is 18.2 Å². The molecule has 3 nitrogen and oxygen atoms in total. The fourth-order valence-corrected chi connectivity index (χ4v) is 3.10. The molecule has 1 fully saturated rings. The molecule has 1 aromatic carbocycles. The summed E-state index contributed by atoms with van der Waals surface area (Å²) in [6.07, 6.45) is 4.63. The average Bonchev–Trinajstić information content (AvgIpc) is 2.63. The molecule has 1 aliphatic heterocycles. The molecule has 104 valence electrons. The zero-order valence-electron chi connectivity index (χ0n) is 11.2. The van der Waals surface area contributed by atoms with Crippen molar-refractivity contribution in [3.8, 4) is 0 Å². The van der Waals surface area contributed by atoms with E-state index in [0.717, 1.165) is 31.8 Å². The van der Waals surface area contributed by atoms with Crippen LogP contribution in [-0.4, -0.2) is 24.2 Å². The van der Waals surface area contributed by atoms with E-state index in [1.165, 1.54) is 12.8 Å². The minimum absolute atomic E-state index is 0.308. The van der Waals surface area contributed by atoms with Gasteiger partial charge in [0.2, 0.25) is 0 Å². The second kappa shape index (κ2) is 6.29. The van der Waals surface area contributed by atoms with Crippen molar-refractivity contribution in [2.24, 2.45) is 5.92 Å². The lowest BCUT2D eigenvalue weighted by atomic mass is 9.98. The molecule has 0 spiro atoms. The third kappa shape index (κ3) is 3.21. The Hall–Kier alpha value is -1.22. The van der Waals surface area contributed by atoms with E-state index >= 15 is 0 Å². The Kier molecular flexibility index (Phi) is 4.70. The van der Waals surface area contributed by atoms with E-state index in [0.29, 0.717) is 16.3 Å². The molecule has 1 N–H and O–H groups in total. The standard InChI is InChI=1S/C15H20ClNO2/c1-2-11-5-4-9-17(10-8-11)14-12(15(18)19)6-3-7-13(14)16/h3,6-7,11H,2,4-5,8-10H2,1H3,(H,18,19). The number of anilines is 1. The van der Waals surface area contributed by atoms with Gasteiger partial charge in [-0.25, -0.2) is 4.79 Å². The Morgan fingerprint density at radius 1 is 1.42 bits per heavy atom. The first-order valence-electron chi connectivity index (χ1n) is 6.90. The van der Waals surface area contributed by atoms with Crippen LogP contribution in [0, 0.1) is 5.92 Å². The van der Waals surface area contributed by atoms with Gasteiger partial charge in [-0.2, -0.15) is 0 Å². The van der Waals surface area contributed by atoms with Gasteiger partial charge in [0.15, 0.2) is 0 Å². The number of halogens is 1. The van der Waals surface area contributed by atoms with E-state index in [9.17, 15) is 9.90 Å². The summed E-state index contributed by atoms with van der Waals surface area (Å²) in [5.41, 5.74) is 0.996. The number of rotatable bonds is 3. The first-order valence-corrected chi connectivity index (χ1v) is 7.28. The summed E-state index contributed by atoms with van der Waals surface area (Å²) in [5.74, 6) is -0.158. The van der Waals surface area contributed by atoms with Gasteiger partial charge >= 0.3 is 5.97 Å². The van der Waals surface area contributed by atoms with Crippen molar-refractivity contribution in [2.75, 3.05) is 18.0 Å². The lowest BCUT2D eigenvalue weighted by Crippen LogP contribution is -2.26. The van der Waals surface area contributed by atoms with Gasteiger partial charge in [0.25, 0.3) is 0 Å². The molecule has 1 aliphatic rings. The van der Waals surface area contributed by atoms with Crippen LogP contribution < -0.4 is 4.90 Å².